The van der Waals surface area contributed by atoms with E-state index in [9.17, 15) is 4.79 Å². The number of carbonyl (C=O) groups excluding carboxylic acids is 1. The maximum absolute atomic E-state index is 12.4. The van der Waals surface area contributed by atoms with Crippen molar-refractivity contribution in [2.45, 2.75) is 39.2 Å². The first-order chi connectivity index (χ1) is 10.6. The number of nitrogens with one attached hydrogen (secondary N) is 2. The van der Waals surface area contributed by atoms with Gasteiger partial charge in [0.1, 0.15) is 12.4 Å². The number of carbonyl (C=O) groups is 1. The molecule has 1 saturated carbocycles. The van der Waals surface area contributed by atoms with Crippen LogP contribution in [0.25, 0.3) is 0 Å². The van der Waals surface area contributed by atoms with E-state index in [1.807, 2.05) is 38.1 Å². The van der Waals surface area contributed by atoms with Crippen molar-refractivity contribution in [2.24, 2.45) is 11.3 Å². The molecule has 1 spiro atoms. The van der Waals surface area contributed by atoms with Gasteiger partial charge in [0.2, 0.25) is 5.91 Å². The van der Waals surface area contributed by atoms with E-state index in [0.29, 0.717) is 12.0 Å². The lowest BCUT2D eigenvalue weighted by Crippen LogP contribution is -2.40. The Balaban J connectivity index is 0.00000192. The Labute approximate surface area is 144 Å². The molecule has 1 aromatic carbocycles. The number of ether oxygens (including phenoxy) is 1. The van der Waals surface area contributed by atoms with E-state index in [1.165, 1.54) is 5.56 Å². The lowest BCUT2D eigenvalue weighted by atomic mass is 9.91. The summed E-state index contributed by atoms with van der Waals surface area (Å²) >= 11 is 0. The highest BCUT2D eigenvalue weighted by Crippen LogP contribution is 2.58. The Morgan fingerprint density at radius 3 is 2.87 bits per heavy atom. The number of halogens is 1. The number of amides is 1. The SMILES string of the molecule is Cc1cccc(OCC(C)NC(=O)C2CC23CCNCC3)c1.Cl. The molecule has 128 valence electrons. The number of hydrogen-bond acceptors (Lipinski definition) is 3. The highest BCUT2D eigenvalue weighted by Gasteiger charge is 2.57. The predicted octanol–water partition coefficient (Wildman–Crippen LogP) is 2.69. The summed E-state index contributed by atoms with van der Waals surface area (Å²) in [5.74, 6) is 1.29. The molecule has 23 heavy (non-hydrogen) atoms. The minimum absolute atomic E-state index is 0. The highest BCUT2D eigenvalue weighted by atomic mass is 35.5. The maximum atomic E-state index is 12.4. The Morgan fingerprint density at radius 2 is 2.17 bits per heavy atom. The van der Waals surface area contributed by atoms with Gasteiger partial charge in [0, 0.05) is 5.92 Å². The smallest absolute Gasteiger partial charge is 0.224 e. The zero-order chi connectivity index (χ0) is 15.6. The molecule has 0 bridgehead atoms. The third-order valence-corrected chi connectivity index (χ3v) is 4.98. The Kier molecular flexibility index (Phi) is 5.93. The average molecular weight is 339 g/mol. The largest absolute Gasteiger partial charge is 0.491 e. The molecule has 1 saturated heterocycles. The Hall–Kier alpha value is -1.26. The van der Waals surface area contributed by atoms with E-state index in [4.69, 9.17) is 4.74 Å². The average Bonchev–Trinajstić information content (AvgIpc) is 3.19. The van der Waals surface area contributed by atoms with Crippen molar-refractivity contribution in [1.82, 2.24) is 10.6 Å². The second-order valence-corrected chi connectivity index (χ2v) is 6.91. The fourth-order valence-electron chi connectivity index (χ4n) is 3.51. The van der Waals surface area contributed by atoms with Crippen molar-refractivity contribution >= 4 is 18.3 Å². The molecule has 2 fully saturated rings. The van der Waals surface area contributed by atoms with E-state index < -0.39 is 0 Å². The van der Waals surface area contributed by atoms with Gasteiger partial charge in [-0.2, -0.15) is 0 Å². The van der Waals surface area contributed by atoms with Gasteiger partial charge in [-0.15, -0.1) is 12.4 Å². The van der Waals surface area contributed by atoms with Gasteiger partial charge in [0.05, 0.1) is 6.04 Å². The molecule has 4 nitrogen and oxygen atoms in total. The van der Waals surface area contributed by atoms with Gasteiger partial charge < -0.3 is 15.4 Å². The fraction of sp³-hybridized carbons (Fsp3) is 0.611. The zero-order valence-corrected chi connectivity index (χ0v) is 14.7. The number of piperidine rings is 1. The monoisotopic (exact) mass is 338 g/mol. The van der Waals surface area contributed by atoms with Crippen LogP contribution in [-0.4, -0.2) is 31.6 Å². The van der Waals surface area contributed by atoms with E-state index in [2.05, 4.69) is 10.6 Å². The fourth-order valence-corrected chi connectivity index (χ4v) is 3.51. The molecule has 0 aromatic heterocycles. The van der Waals surface area contributed by atoms with Crippen LogP contribution >= 0.6 is 12.4 Å². The number of hydrogen-bond donors (Lipinski definition) is 2. The summed E-state index contributed by atoms with van der Waals surface area (Å²) in [4.78, 5) is 12.4. The van der Waals surface area contributed by atoms with Crippen LogP contribution in [-0.2, 0) is 4.79 Å². The van der Waals surface area contributed by atoms with Crippen molar-refractivity contribution in [1.29, 1.82) is 0 Å². The first-order valence-corrected chi connectivity index (χ1v) is 8.30. The summed E-state index contributed by atoms with van der Waals surface area (Å²) in [5.41, 5.74) is 1.48. The van der Waals surface area contributed by atoms with Gasteiger partial charge in [0.15, 0.2) is 0 Å². The third-order valence-electron chi connectivity index (χ3n) is 4.98. The van der Waals surface area contributed by atoms with Crippen molar-refractivity contribution in [2.75, 3.05) is 19.7 Å². The summed E-state index contributed by atoms with van der Waals surface area (Å²) < 4.78 is 5.76. The van der Waals surface area contributed by atoms with Crippen LogP contribution < -0.4 is 15.4 Å². The molecule has 1 aromatic rings. The van der Waals surface area contributed by atoms with Crippen LogP contribution in [0.15, 0.2) is 24.3 Å². The first kappa shape index (κ1) is 18.1. The van der Waals surface area contributed by atoms with Crippen LogP contribution in [0.5, 0.6) is 5.75 Å². The summed E-state index contributed by atoms with van der Waals surface area (Å²) in [6.07, 6.45) is 3.34. The van der Waals surface area contributed by atoms with Gasteiger partial charge in [-0.3, -0.25) is 4.79 Å². The third kappa shape index (κ3) is 4.39. The summed E-state index contributed by atoms with van der Waals surface area (Å²) in [6.45, 7) is 6.66. The maximum Gasteiger partial charge on any atom is 0.224 e. The number of benzene rings is 1. The summed E-state index contributed by atoms with van der Waals surface area (Å²) in [7, 11) is 0. The lowest BCUT2D eigenvalue weighted by molar-refractivity contribution is -0.124. The van der Waals surface area contributed by atoms with Gasteiger partial charge >= 0.3 is 0 Å². The minimum atomic E-state index is 0. The van der Waals surface area contributed by atoms with Crippen molar-refractivity contribution in [3.63, 3.8) is 0 Å². The standard InChI is InChI=1S/C18H26N2O2.ClH/c1-13-4-3-5-15(10-13)22-12-14(2)20-17(21)16-11-18(16)6-8-19-9-7-18;/h3-5,10,14,16,19H,6-9,11-12H2,1-2H3,(H,20,21);1H. The van der Waals surface area contributed by atoms with E-state index >= 15 is 0 Å². The molecule has 2 unspecified atom stereocenters. The molecule has 1 aliphatic carbocycles. The second-order valence-electron chi connectivity index (χ2n) is 6.91. The van der Waals surface area contributed by atoms with Gasteiger partial charge in [-0.25, -0.2) is 0 Å². The Bertz CT molecular complexity index is 544. The number of rotatable bonds is 5. The summed E-state index contributed by atoms with van der Waals surface area (Å²) in [6, 6.07) is 8.03. The second kappa shape index (κ2) is 7.54. The van der Waals surface area contributed by atoms with Crippen molar-refractivity contribution in [3.8, 4) is 5.75 Å². The molecule has 1 amide bonds. The summed E-state index contributed by atoms with van der Waals surface area (Å²) in [5, 5.41) is 6.49. The van der Waals surface area contributed by atoms with Crippen LogP contribution in [0.4, 0.5) is 0 Å². The molecule has 2 atom stereocenters. The Morgan fingerprint density at radius 1 is 1.43 bits per heavy atom. The molecular formula is C18H27ClN2O2. The topological polar surface area (TPSA) is 50.4 Å². The van der Waals surface area contributed by atoms with Crippen molar-refractivity contribution < 1.29 is 9.53 Å². The normalized spacial score (nSPS) is 22.8. The molecule has 3 rings (SSSR count). The first-order valence-electron chi connectivity index (χ1n) is 8.30. The molecule has 5 heteroatoms. The van der Waals surface area contributed by atoms with Crippen molar-refractivity contribution in [3.05, 3.63) is 29.8 Å². The van der Waals surface area contributed by atoms with Crippen LogP contribution in [0, 0.1) is 18.3 Å². The highest BCUT2D eigenvalue weighted by molar-refractivity contribution is 5.85. The van der Waals surface area contributed by atoms with Gasteiger partial charge in [0.25, 0.3) is 0 Å². The van der Waals surface area contributed by atoms with E-state index in [1.54, 1.807) is 0 Å². The zero-order valence-electron chi connectivity index (χ0n) is 13.9. The minimum Gasteiger partial charge on any atom is -0.491 e. The quantitative estimate of drug-likeness (QED) is 0.868. The van der Waals surface area contributed by atoms with E-state index in [0.717, 1.165) is 38.1 Å². The molecule has 2 N–H and O–H groups in total. The van der Waals surface area contributed by atoms with Gasteiger partial charge in [-0.05, 0) is 69.3 Å². The molecule has 0 radical (unpaired) electrons. The predicted molar refractivity (Wildman–Crippen MR) is 94.2 cm³/mol. The molecule has 1 aliphatic heterocycles. The van der Waals surface area contributed by atoms with Crippen LogP contribution in [0.3, 0.4) is 0 Å². The van der Waals surface area contributed by atoms with Crippen LogP contribution in [0.2, 0.25) is 0 Å². The van der Waals surface area contributed by atoms with E-state index in [-0.39, 0.29) is 30.3 Å². The molecule has 2 aliphatic rings. The molecule has 1 heterocycles. The van der Waals surface area contributed by atoms with Gasteiger partial charge in [-0.1, -0.05) is 12.1 Å². The van der Waals surface area contributed by atoms with Crippen LogP contribution in [0.1, 0.15) is 31.7 Å². The lowest BCUT2D eigenvalue weighted by Gasteiger charge is -2.23. The number of aryl methyl sites for hydroxylation is 1. The molecular weight excluding hydrogens is 312 g/mol.